The predicted molar refractivity (Wildman–Crippen MR) is 82.5 cm³/mol. The number of Topliss-reactive ketones (excluding diaryl/α,β-unsaturated/α-hetero) is 1. The van der Waals surface area contributed by atoms with Crippen molar-refractivity contribution in [2.24, 2.45) is 5.92 Å². The standard InChI is InChI=1S/C15H20ClNO2S/c1-10-4-2-3-5-11(10)17-15(19)9-6-12(18)13-7-8-14(16)20-13/h7-8,10-11H,2-6,9H2,1H3,(H,17,19)/t10-,11-/m1/s1. The Morgan fingerprint density at radius 3 is 2.70 bits per heavy atom. The number of hydrogen-bond donors (Lipinski definition) is 1. The van der Waals surface area contributed by atoms with Crippen LogP contribution in [0.15, 0.2) is 12.1 Å². The van der Waals surface area contributed by atoms with Gasteiger partial charge in [-0.3, -0.25) is 9.59 Å². The quantitative estimate of drug-likeness (QED) is 0.833. The van der Waals surface area contributed by atoms with Crippen LogP contribution in [0.2, 0.25) is 4.34 Å². The summed E-state index contributed by atoms with van der Waals surface area (Å²) >= 11 is 7.07. The maximum absolute atomic E-state index is 11.9. The first-order valence-electron chi connectivity index (χ1n) is 7.14. The molecule has 1 aliphatic carbocycles. The fourth-order valence-corrected chi connectivity index (χ4v) is 3.63. The number of hydrogen-bond acceptors (Lipinski definition) is 3. The first-order chi connectivity index (χ1) is 9.56. The zero-order valence-corrected chi connectivity index (χ0v) is 13.2. The Morgan fingerprint density at radius 2 is 2.05 bits per heavy atom. The third-order valence-electron chi connectivity index (χ3n) is 3.89. The summed E-state index contributed by atoms with van der Waals surface area (Å²) in [5, 5.41) is 3.07. The molecule has 0 radical (unpaired) electrons. The van der Waals surface area contributed by atoms with Gasteiger partial charge in [-0.05, 0) is 30.9 Å². The molecule has 1 aromatic heterocycles. The van der Waals surface area contributed by atoms with E-state index < -0.39 is 0 Å². The number of carbonyl (C=O) groups is 2. The van der Waals surface area contributed by atoms with Crippen molar-refractivity contribution >= 4 is 34.6 Å². The molecule has 0 bridgehead atoms. The third-order valence-corrected chi connectivity index (χ3v) is 5.16. The van der Waals surface area contributed by atoms with Crippen LogP contribution in [0, 0.1) is 5.92 Å². The van der Waals surface area contributed by atoms with E-state index in [4.69, 9.17) is 11.6 Å². The molecule has 1 heterocycles. The number of halogens is 1. The van der Waals surface area contributed by atoms with Gasteiger partial charge in [0.25, 0.3) is 0 Å². The lowest BCUT2D eigenvalue weighted by Crippen LogP contribution is -2.41. The van der Waals surface area contributed by atoms with Crippen molar-refractivity contribution in [2.75, 3.05) is 0 Å². The second kappa shape index (κ2) is 7.23. The fourth-order valence-electron chi connectivity index (χ4n) is 2.62. The van der Waals surface area contributed by atoms with Crippen LogP contribution in [-0.4, -0.2) is 17.7 Å². The second-order valence-corrected chi connectivity index (χ2v) is 7.18. The summed E-state index contributed by atoms with van der Waals surface area (Å²) < 4.78 is 0.605. The average Bonchev–Trinajstić information content (AvgIpc) is 2.85. The van der Waals surface area contributed by atoms with E-state index in [0.29, 0.717) is 15.1 Å². The summed E-state index contributed by atoms with van der Waals surface area (Å²) in [6.45, 7) is 2.18. The Labute approximate surface area is 128 Å². The number of carbonyl (C=O) groups excluding carboxylic acids is 2. The molecule has 2 rings (SSSR count). The molecule has 5 heteroatoms. The minimum atomic E-state index is -0.0141. The van der Waals surface area contributed by atoms with Crippen LogP contribution in [-0.2, 0) is 4.79 Å². The Morgan fingerprint density at radius 1 is 1.30 bits per heavy atom. The topological polar surface area (TPSA) is 46.2 Å². The lowest BCUT2D eigenvalue weighted by Gasteiger charge is -2.29. The van der Waals surface area contributed by atoms with Crippen LogP contribution in [0.25, 0.3) is 0 Å². The van der Waals surface area contributed by atoms with Gasteiger partial charge in [0, 0.05) is 18.9 Å². The second-order valence-electron chi connectivity index (χ2n) is 5.46. The number of ketones is 1. The Bertz CT molecular complexity index is 486. The normalized spacial score (nSPS) is 22.5. The van der Waals surface area contributed by atoms with Crippen LogP contribution in [0.1, 0.15) is 55.1 Å². The van der Waals surface area contributed by atoms with E-state index >= 15 is 0 Å². The molecule has 0 saturated heterocycles. The number of amides is 1. The SMILES string of the molecule is C[C@@H]1CCCC[C@H]1NC(=O)CCC(=O)c1ccc(Cl)s1. The Hall–Kier alpha value is -0.870. The van der Waals surface area contributed by atoms with Gasteiger partial charge in [-0.25, -0.2) is 0 Å². The zero-order chi connectivity index (χ0) is 14.5. The fraction of sp³-hybridized carbons (Fsp3) is 0.600. The van der Waals surface area contributed by atoms with Gasteiger partial charge in [-0.15, -0.1) is 11.3 Å². The smallest absolute Gasteiger partial charge is 0.220 e. The van der Waals surface area contributed by atoms with Gasteiger partial charge in [-0.1, -0.05) is 31.4 Å². The lowest BCUT2D eigenvalue weighted by atomic mass is 9.86. The first-order valence-corrected chi connectivity index (χ1v) is 8.33. The highest BCUT2D eigenvalue weighted by Gasteiger charge is 2.23. The van der Waals surface area contributed by atoms with Crippen molar-refractivity contribution in [1.82, 2.24) is 5.32 Å². The highest BCUT2D eigenvalue weighted by Crippen LogP contribution is 2.24. The van der Waals surface area contributed by atoms with Crippen LogP contribution in [0.5, 0.6) is 0 Å². The zero-order valence-electron chi connectivity index (χ0n) is 11.7. The number of thiophene rings is 1. The molecule has 1 fully saturated rings. The molecule has 0 unspecified atom stereocenters. The average molecular weight is 314 g/mol. The minimum absolute atomic E-state index is 0.00579. The molecular weight excluding hydrogens is 294 g/mol. The van der Waals surface area contributed by atoms with E-state index in [2.05, 4.69) is 12.2 Å². The highest BCUT2D eigenvalue weighted by molar-refractivity contribution is 7.18. The molecule has 3 nitrogen and oxygen atoms in total. The van der Waals surface area contributed by atoms with Crippen molar-refractivity contribution in [2.45, 2.75) is 51.5 Å². The van der Waals surface area contributed by atoms with E-state index in [-0.39, 0.29) is 30.6 Å². The van der Waals surface area contributed by atoms with E-state index in [9.17, 15) is 9.59 Å². The van der Waals surface area contributed by atoms with E-state index in [1.165, 1.54) is 30.6 Å². The van der Waals surface area contributed by atoms with Gasteiger partial charge >= 0.3 is 0 Å². The molecule has 1 saturated carbocycles. The van der Waals surface area contributed by atoms with Gasteiger partial charge in [0.05, 0.1) is 9.21 Å². The van der Waals surface area contributed by atoms with Crippen molar-refractivity contribution in [3.8, 4) is 0 Å². The van der Waals surface area contributed by atoms with Gasteiger partial charge in [0.15, 0.2) is 5.78 Å². The summed E-state index contributed by atoms with van der Waals surface area (Å²) in [5.74, 6) is 0.521. The van der Waals surface area contributed by atoms with E-state index in [1.54, 1.807) is 12.1 Å². The number of nitrogens with one attached hydrogen (secondary N) is 1. The van der Waals surface area contributed by atoms with Gasteiger partial charge in [0.2, 0.25) is 5.91 Å². The van der Waals surface area contributed by atoms with Crippen molar-refractivity contribution < 1.29 is 9.59 Å². The summed E-state index contributed by atoms with van der Waals surface area (Å²) in [6, 6.07) is 3.71. The predicted octanol–water partition coefficient (Wildman–Crippen LogP) is 4.06. The molecule has 1 amide bonds. The summed E-state index contributed by atoms with van der Waals surface area (Å²) in [4.78, 5) is 24.4. The summed E-state index contributed by atoms with van der Waals surface area (Å²) in [7, 11) is 0. The van der Waals surface area contributed by atoms with Crippen LogP contribution in [0.3, 0.4) is 0 Å². The molecule has 2 atom stereocenters. The molecular formula is C15H20ClNO2S. The highest BCUT2D eigenvalue weighted by atomic mass is 35.5. The van der Waals surface area contributed by atoms with Gasteiger partial charge in [0.1, 0.15) is 0 Å². The molecule has 0 aromatic carbocycles. The van der Waals surface area contributed by atoms with Crippen LogP contribution >= 0.6 is 22.9 Å². The molecule has 1 aliphatic rings. The van der Waals surface area contributed by atoms with Crippen LogP contribution < -0.4 is 5.32 Å². The molecule has 20 heavy (non-hydrogen) atoms. The first kappa shape index (κ1) is 15.5. The maximum Gasteiger partial charge on any atom is 0.220 e. The molecule has 0 aliphatic heterocycles. The van der Waals surface area contributed by atoms with Gasteiger partial charge in [-0.2, -0.15) is 0 Å². The summed E-state index contributed by atoms with van der Waals surface area (Å²) in [5.41, 5.74) is 0. The van der Waals surface area contributed by atoms with Crippen molar-refractivity contribution in [3.05, 3.63) is 21.3 Å². The van der Waals surface area contributed by atoms with E-state index in [0.717, 1.165) is 6.42 Å². The molecule has 110 valence electrons. The number of rotatable bonds is 5. The maximum atomic E-state index is 11.9. The lowest BCUT2D eigenvalue weighted by molar-refractivity contribution is -0.122. The van der Waals surface area contributed by atoms with Crippen molar-refractivity contribution in [3.63, 3.8) is 0 Å². The third kappa shape index (κ3) is 4.32. The Balaban J connectivity index is 1.76. The molecule has 1 aromatic rings. The monoisotopic (exact) mass is 313 g/mol. The molecule has 0 spiro atoms. The summed E-state index contributed by atoms with van der Waals surface area (Å²) in [6.07, 6.45) is 5.19. The molecule has 1 N–H and O–H groups in total. The largest absolute Gasteiger partial charge is 0.353 e. The minimum Gasteiger partial charge on any atom is -0.353 e. The Kier molecular flexibility index (Phi) is 5.61. The van der Waals surface area contributed by atoms with E-state index in [1.807, 2.05) is 0 Å². The van der Waals surface area contributed by atoms with Crippen molar-refractivity contribution in [1.29, 1.82) is 0 Å². The van der Waals surface area contributed by atoms with Crippen LogP contribution in [0.4, 0.5) is 0 Å². The van der Waals surface area contributed by atoms with Gasteiger partial charge < -0.3 is 5.32 Å².